The average molecular weight is 515 g/mol. The molecule has 2 atom stereocenters. The van der Waals surface area contributed by atoms with Crippen molar-refractivity contribution in [1.82, 2.24) is 24.9 Å². The Morgan fingerprint density at radius 2 is 1.95 bits per heavy atom. The number of hydrogen-bond acceptors (Lipinski definition) is 8. The number of rotatable bonds is 4. The van der Waals surface area contributed by atoms with Crippen LogP contribution >= 0.6 is 0 Å². The van der Waals surface area contributed by atoms with E-state index in [0.29, 0.717) is 60.4 Å². The minimum Gasteiger partial charge on any atom is -0.380 e. The molecule has 1 N–H and O–H groups in total. The third-order valence-corrected chi connectivity index (χ3v) is 6.76. The Kier molecular flexibility index (Phi) is 5.63. The van der Waals surface area contributed by atoms with Crippen molar-refractivity contribution in [2.24, 2.45) is 0 Å². The van der Waals surface area contributed by atoms with Gasteiger partial charge in [0.25, 0.3) is 0 Å². The van der Waals surface area contributed by atoms with Crippen LogP contribution in [0, 0.1) is 6.92 Å². The average Bonchev–Trinajstić information content (AvgIpc) is 2.76. The summed E-state index contributed by atoms with van der Waals surface area (Å²) in [5, 5.41) is 0. The van der Waals surface area contributed by atoms with E-state index in [4.69, 9.17) is 19.4 Å². The number of aromatic nitrogens is 5. The summed E-state index contributed by atoms with van der Waals surface area (Å²) in [5.41, 5.74) is 5.06. The van der Waals surface area contributed by atoms with Gasteiger partial charge in [-0.25, -0.2) is 15.0 Å². The number of alkyl halides is 3. The minimum atomic E-state index is -4.44. The van der Waals surface area contributed by atoms with Gasteiger partial charge >= 0.3 is 6.18 Å². The van der Waals surface area contributed by atoms with Crippen molar-refractivity contribution < 1.29 is 24.1 Å². The fraction of sp³-hybridized carbons (Fsp3) is 0.440. The van der Waals surface area contributed by atoms with E-state index in [1.165, 1.54) is 6.07 Å². The van der Waals surface area contributed by atoms with Crippen molar-refractivity contribution in [2.75, 3.05) is 31.2 Å². The summed E-state index contributed by atoms with van der Waals surface area (Å²) < 4.78 is 51.0. The van der Waals surface area contributed by atoms with Crippen LogP contribution in [0.2, 0.25) is 0 Å². The number of hydrogen-bond donors (Lipinski definition) is 1. The van der Waals surface area contributed by atoms with Crippen LogP contribution in [0.15, 0.2) is 34.4 Å². The van der Waals surface area contributed by atoms with Crippen LogP contribution in [0.1, 0.15) is 49.4 Å². The smallest absolute Gasteiger partial charge is 0.380 e. The van der Waals surface area contributed by atoms with Gasteiger partial charge in [-0.2, -0.15) is 18.2 Å². The van der Waals surface area contributed by atoms with Crippen molar-refractivity contribution in [3.8, 4) is 0 Å². The van der Waals surface area contributed by atoms with Crippen molar-refractivity contribution in [3.05, 3.63) is 62.6 Å². The Hall–Kier alpha value is -3.60. The number of ether oxygens (including phenoxy) is 2. The lowest BCUT2D eigenvalue weighted by Crippen LogP contribution is -2.44. The number of pyridine rings is 1. The number of aromatic amines is 1. The molecule has 3 aliphatic rings. The Labute approximate surface area is 210 Å². The molecule has 2 fully saturated rings. The molecule has 2 aliphatic heterocycles. The van der Waals surface area contributed by atoms with Gasteiger partial charge in [-0.15, -0.1) is 5.73 Å². The molecule has 12 heteroatoms. The molecule has 0 amide bonds. The molecule has 37 heavy (non-hydrogen) atoms. The first kappa shape index (κ1) is 23.8. The van der Waals surface area contributed by atoms with Gasteiger partial charge in [-0.3, -0.25) is 4.79 Å². The monoisotopic (exact) mass is 514 g/mol. The molecule has 6 rings (SSSR count). The highest BCUT2D eigenvalue weighted by Crippen LogP contribution is 2.41. The molecule has 0 aromatic carbocycles. The maximum atomic E-state index is 13.2. The van der Waals surface area contributed by atoms with E-state index in [2.05, 4.69) is 20.7 Å². The van der Waals surface area contributed by atoms with E-state index >= 15 is 0 Å². The number of H-pyrrole nitrogens is 1. The first-order chi connectivity index (χ1) is 17.7. The van der Waals surface area contributed by atoms with E-state index < -0.39 is 11.7 Å². The SMILES string of the molecule is Cc1nc2nc(N3C[C@@H](C)O[C@@H](c4ccc(=O)[nH]c4)C3)nc(C3=C=C(C(F)(F)F)C3)c2nc1C1COC1.[HH]. The molecular weight excluding hydrogens is 489 g/mol. The first-order valence-electron chi connectivity index (χ1n) is 11.9. The highest BCUT2D eigenvalue weighted by molar-refractivity contribution is 5.88. The topological polar surface area (TPSA) is 106 Å². The molecule has 9 nitrogen and oxygen atoms in total. The Morgan fingerprint density at radius 3 is 2.59 bits per heavy atom. The molecule has 0 bridgehead atoms. The van der Waals surface area contributed by atoms with Gasteiger partial charge in [0.2, 0.25) is 11.5 Å². The highest BCUT2D eigenvalue weighted by atomic mass is 19.4. The maximum absolute atomic E-state index is 13.2. The Bertz CT molecular complexity index is 1510. The molecule has 0 saturated carbocycles. The summed E-state index contributed by atoms with van der Waals surface area (Å²) >= 11 is 0. The second kappa shape index (κ2) is 8.76. The van der Waals surface area contributed by atoms with Crippen LogP contribution in [-0.2, 0) is 9.47 Å². The summed E-state index contributed by atoms with van der Waals surface area (Å²) in [6.07, 6.45) is -3.68. The molecule has 3 aromatic rings. The molecular formula is C25H25F3N6O3. The number of halogens is 3. The molecule has 5 heterocycles. The zero-order chi connectivity index (χ0) is 25.9. The second-order valence-corrected chi connectivity index (χ2v) is 9.56. The zero-order valence-electron chi connectivity index (χ0n) is 20.1. The normalized spacial score (nSPS) is 22.4. The summed E-state index contributed by atoms with van der Waals surface area (Å²) in [5.74, 6) is 0.412. The number of nitrogens with zero attached hydrogens (tertiary/aromatic N) is 5. The first-order valence-corrected chi connectivity index (χ1v) is 11.9. The molecule has 0 spiro atoms. The Balaban J connectivity index is 0.00000294. The Morgan fingerprint density at radius 1 is 1.16 bits per heavy atom. The molecule has 0 radical (unpaired) electrons. The zero-order valence-corrected chi connectivity index (χ0v) is 20.1. The van der Waals surface area contributed by atoms with Gasteiger partial charge in [-0.1, -0.05) is 0 Å². The largest absolute Gasteiger partial charge is 0.420 e. The number of allylic oxidation sites excluding steroid dienone is 1. The fourth-order valence-corrected chi connectivity index (χ4v) is 4.74. The van der Waals surface area contributed by atoms with Crippen LogP contribution in [0.25, 0.3) is 16.7 Å². The standard InChI is InChI=1S/C25H23F3N6O3.H2/c1-12-8-34(9-18(37-12)14-3-4-19(35)29-7-14)24-32-21(15-5-17(6-15)25(26,27)28)22-23(33-24)30-13(2)20(31-22)16-10-36-11-16;/h3-4,7,12,16,18H,5,8-11H2,1-2H3,(H,29,35);1H/t12-,18-;/m1./s1. The summed E-state index contributed by atoms with van der Waals surface area (Å²) in [7, 11) is 0. The lowest BCUT2D eigenvalue weighted by atomic mass is 9.93. The summed E-state index contributed by atoms with van der Waals surface area (Å²) in [4.78, 5) is 34.9. The molecule has 2 saturated heterocycles. The van der Waals surface area contributed by atoms with Gasteiger partial charge in [0, 0.05) is 38.1 Å². The predicted octanol–water partition coefficient (Wildman–Crippen LogP) is 3.62. The van der Waals surface area contributed by atoms with E-state index in [1.807, 2.05) is 18.7 Å². The lowest BCUT2D eigenvalue weighted by Gasteiger charge is -2.37. The summed E-state index contributed by atoms with van der Waals surface area (Å²) in [6, 6.07) is 3.14. The van der Waals surface area contributed by atoms with Gasteiger partial charge in [-0.05, 0) is 25.5 Å². The van der Waals surface area contributed by atoms with E-state index in [1.54, 1.807) is 12.3 Å². The number of anilines is 1. The van der Waals surface area contributed by atoms with E-state index in [0.717, 1.165) is 11.3 Å². The van der Waals surface area contributed by atoms with E-state index in [9.17, 15) is 18.0 Å². The number of fused-ring (bicyclic) bond motifs is 1. The van der Waals surface area contributed by atoms with Crippen LogP contribution < -0.4 is 10.5 Å². The van der Waals surface area contributed by atoms with Crippen LogP contribution in [0.3, 0.4) is 0 Å². The number of aryl methyl sites for hydroxylation is 1. The maximum Gasteiger partial charge on any atom is 0.420 e. The molecule has 0 unspecified atom stereocenters. The third kappa shape index (κ3) is 4.41. The molecule has 3 aromatic heterocycles. The van der Waals surface area contributed by atoms with Crippen LogP contribution in [-0.4, -0.2) is 63.5 Å². The van der Waals surface area contributed by atoms with E-state index in [-0.39, 0.29) is 31.5 Å². The van der Waals surface area contributed by atoms with Crippen molar-refractivity contribution in [1.29, 1.82) is 0 Å². The van der Waals surface area contributed by atoms with Gasteiger partial charge in [0.15, 0.2) is 5.65 Å². The van der Waals surface area contributed by atoms with Crippen LogP contribution in [0.5, 0.6) is 0 Å². The molecule has 1 aliphatic carbocycles. The van der Waals surface area contributed by atoms with Crippen molar-refractivity contribution in [3.63, 3.8) is 0 Å². The van der Waals surface area contributed by atoms with Gasteiger partial charge in [0.05, 0.1) is 42.8 Å². The second-order valence-electron chi connectivity index (χ2n) is 9.56. The van der Waals surface area contributed by atoms with Crippen LogP contribution in [0.4, 0.5) is 19.1 Å². The number of morpholine rings is 1. The van der Waals surface area contributed by atoms with Crippen molar-refractivity contribution in [2.45, 2.75) is 44.6 Å². The van der Waals surface area contributed by atoms with Crippen molar-refractivity contribution >= 4 is 22.7 Å². The molecule has 194 valence electrons. The third-order valence-electron chi connectivity index (χ3n) is 6.76. The lowest BCUT2D eigenvalue weighted by molar-refractivity contribution is -0.0934. The predicted molar refractivity (Wildman–Crippen MR) is 129 cm³/mol. The minimum absolute atomic E-state index is 0. The quantitative estimate of drug-likeness (QED) is 0.527. The van der Waals surface area contributed by atoms with Gasteiger partial charge < -0.3 is 19.4 Å². The highest BCUT2D eigenvalue weighted by Gasteiger charge is 2.39. The number of nitrogens with one attached hydrogen (secondary N) is 1. The summed E-state index contributed by atoms with van der Waals surface area (Å²) in [6.45, 7) is 5.65. The fourth-order valence-electron chi connectivity index (χ4n) is 4.74. The van der Waals surface area contributed by atoms with Gasteiger partial charge in [0.1, 0.15) is 17.3 Å².